The molecular weight excluding hydrogens is 448 g/mol. The monoisotopic (exact) mass is 476 g/mol. The third kappa shape index (κ3) is 4.82. The van der Waals surface area contributed by atoms with Gasteiger partial charge in [-0.25, -0.2) is 4.98 Å². The van der Waals surface area contributed by atoms with Crippen LogP contribution in [0.4, 0.5) is 5.69 Å². The molecule has 1 amide bonds. The molecule has 0 spiro atoms. The molecule has 0 bridgehead atoms. The third-order valence-electron chi connectivity index (χ3n) is 5.68. The number of thiophene rings is 1. The van der Waals surface area contributed by atoms with E-state index in [9.17, 15) is 9.59 Å². The van der Waals surface area contributed by atoms with Crippen LogP contribution >= 0.6 is 22.9 Å². The number of benzene rings is 1. The van der Waals surface area contributed by atoms with E-state index in [4.69, 9.17) is 21.3 Å². The maximum Gasteiger partial charge on any atom is 0.263 e. The van der Waals surface area contributed by atoms with E-state index in [1.165, 1.54) is 23.0 Å². The van der Waals surface area contributed by atoms with Crippen molar-refractivity contribution in [2.24, 2.45) is 0 Å². The van der Waals surface area contributed by atoms with Crippen LogP contribution in [0, 0.1) is 20.8 Å². The third-order valence-corrected chi connectivity index (χ3v) is 7.19. The molecule has 0 fully saturated rings. The van der Waals surface area contributed by atoms with Crippen LogP contribution in [0.2, 0.25) is 5.02 Å². The molecule has 32 heavy (non-hydrogen) atoms. The van der Waals surface area contributed by atoms with Gasteiger partial charge in [0, 0.05) is 16.0 Å². The number of nitrogens with zero attached hydrogens (tertiary/aromatic N) is 3. The highest BCUT2D eigenvalue weighted by Gasteiger charge is 2.20. The lowest BCUT2D eigenvalue weighted by molar-refractivity contribution is -0.116. The molecule has 1 N–H and O–H groups in total. The Morgan fingerprint density at radius 1 is 1.25 bits per heavy atom. The summed E-state index contributed by atoms with van der Waals surface area (Å²) in [5, 5.41) is 4.00. The number of methoxy groups -OCH3 is 1. The predicted octanol–water partition coefficient (Wildman–Crippen LogP) is 4.53. The van der Waals surface area contributed by atoms with Gasteiger partial charge in [0.05, 0.1) is 24.7 Å². The Morgan fingerprint density at radius 3 is 2.56 bits per heavy atom. The molecule has 172 valence electrons. The molecule has 0 aliphatic heterocycles. The second kappa shape index (κ2) is 10.0. The van der Waals surface area contributed by atoms with E-state index in [1.54, 1.807) is 12.1 Å². The number of aromatic nitrogens is 2. The van der Waals surface area contributed by atoms with Gasteiger partial charge in [-0.1, -0.05) is 25.4 Å². The lowest BCUT2D eigenvalue weighted by Crippen LogP contribution is -2.34. The van der Waals surface area contributed by atoms with E-state index in [1.807, 2.05) is 20.8 Å². The summed E-state index contributed by atoms with van der Waals surface area (Å²) in [5.74, 6) is 0.711. The minimum absolute atomic E-state index is 0.141. The van der Waals surface area contributed by atoms with Crippen molar-refractivity contribution in [3.8, 4) is 5.75 Å². The van der Waals surface area contributed by atoms with Crippen LogP contribution in [0.25, 0.3) is 10.2 Å². The summed E-state index contributed by atoms with van der Waals surface area (Å²) in [4.78, 5) is 35.2. The lowest BCUT2D eigenvalue weighted by Gasteiger charge is -2.20. The van der Waals surface area contributed by atoms with Gasteiger partial charge in [0.25, 0.3) is 5.56 Å². The molecule has 1 aromatic carbocycles. The van der Waals surface area contributed by atoms with Crippen LogP contribution in [-0.2, 0) is 17.9 Å². The van der Waals surface area contributed by atoms with Crippen molar-refractivity contribution in [3.05, 3.63) is 49.3 Å². The quantitative estimate of drug-likeness (QED) is 0.517. The molecule has 0 aliphatic carbocycles. The Balaban J connectivity index is 2.02. The second-order valence-corrected chi connectivity index (χ2v) is 9.30. The second-order valence-electron chi connectivity index (χ2n) is 7.69. The molecule has 3 aromatic rings. The number of ether oxygens (including phenoxy) is 1. The Labute approximate surface area is 197 Å². The molecule has 0 unspecified atom stereocenters. The van der Waals surface area contributed by atoms with Gasteiger partial charge >= 0.3 is 0 Å². The SMILES string of the molecule is CCN(CC)Cc1nc2sc(C)c(C)c2c(=O)n1CC(=O)Nc1cc(C)c(Cl)cc1OC. The lowest BCUT2D eigenvalue weighted by atomic mass is 10.2. The van der Waals surface area contributed by atoms with Crippen molar-refractivity contribution in [1.29, 1.82) is 0 Å². The van der Waals surface area contributed by atoms with Gasteiger partial charge in [0.2, 0.25) is 5.91 Å². The highest BCUT2D eigenvalue weighted by Crippen LogP contribution is 2.31. The first-order valence-corrected chi connectivity index (χ1v) is 11.7. The minimum Gasteiger partial charge on any atom is -0.495 e. The number of aryl methyl sites for hydroxylation is 3. The van der Waals surface area contributed by atoms with Crippen molar-refractivity contribution in [1.82, 2.24) is 14.5 Å². The highest BCUT2D eigenvalue weighted by molar-refractivity contribution is 7.18. The molecule has 9 heteroatoms. The summed E-state index contributed by atoms with van der Waals surface area (Å²) in [5.41, 5.74) is 2.05. The predicted molar refractivity (Wildman–Crippen MR) is 131 cm³/mol. The number of halogens is 1. The van der Waals surface area contributed by atoms with Gasteiger partial charge in [-0.15, -0.1) is 11.3 Å². The average Bonchev–Trinajstić information content (AvgIpc) is 3.04. The summed E-state index contributed by atoms with van der Waals surface area (Å²) in [7, 11) is 1.52. The Hall–Kier alpha value is -2.42. The number of rotatable bonds is 8. The van der Waals surface area contributed by atoms with Crippen molar-refractivity contribution >= 4 is 44.7 Å². The number of amides is 1. The number of anilines is 1. The van der Waals surface area contributed by atoms with Gasteiger partial charge in [0.1, 0.15) is 22.9 Å². The molecule has 0 saturated carbocycles. The van der Waals surface area contributed by atoms with Gasteiger partial charge < -0.3 is 10.1 Å². The van der Waals surface area contributed by atoms with Gasteiger partial charge in [-0.2, -0.15) is 0 Å². The van der Waals surface area contributed by atoms with Gasteiger partial charge in [0.15, 0.2) is 0 Å². The van der Waals surface area contributed by atoms with E-state index in [2.05, 4.69) is 24.1 Å². The number of carbonyl (C=O) groups is 1. The van der Waals surface area contributed by atoms with Crippen molar-refractivity contribution in [3.63, 3.8) is 0 Å². The standard InChI is InChI=1S/C23H29ClN4O3S/c1-7-27(8-2)11-19-26-22-21(14(4)15(5)32-22)23(30)28(19)12-20(29)25-17-9-13(3)16(24)10-18(17)31-6/h9-10H,7-8,11-12H2,1-6H3,(H,25,29). The van der Waals surface area contributed by atoms with E-state index < -0.39 is 0 Å². The fraction of sp³-hybridized carbons (Fsp3) is 0.435. The van der Waals surface area contributed by atoms with Crippen LogP contribution in [0.15, 0.2) is 16.9 Å². The molecule has 7 nitrogen and oxygen atoms in total. The van der Waals surface area contributed by atoms with Crippen LogP contribution in [0.1, 0.15) is 35.7 Å². The number of carbonyl (C=O) groups excluding carboxylic acids is 1. The number of fused-ring (bicyclic) bond motifs is 1. The summed E-state index contributed by atoms with van der Waals surface area (Å²) in [6.45, 7) is 11.9. The van der Waals surface area contributed by atoms with Crippen LogP contribution in [0.5, 0.6) is 5.75 Å². The smallest absolute Gasteiger partial charge is 0.263 e. The highest BCUT2D eigenvalue weighted by atomic mass is 35.5. The molecular formula is C23H29ClN4O3S. The largest absolute Gasteiger partial charge is 0.495 e. The Kier molecular flexibility index (Phi) is 7.59. The minimum atomic E-state index is -0.335. The zero-order valence-corrected chi connectivity index (χ0v) is 20.9. The molecule has 0 aliphatic rings. The molecule has 2 aromatic heterocycles. The van der Waals surface area contributed by atoms with Crippen molar-refractivity contribution < 1.29 is 9.53 Å². The van der Waals surface area contributed by atoms with Crippen LogP contribution < -0.4 is 15.6 Å². The summed E-state index contributed by atoms with van der Waals surface area (Å²) >= 11 is 7.69. The van der Waals surface area contributed by atoms with E-state index in [-0.39, 0.29) is 18.0 Å². The normalized spacial score (nSPS) is 11.4. The fourth-order valence-electron chi connectivity index (χ4n) is 3.56. The van der Waals surface area contributed by atoms with Crippen molar-refractivity contribution in [2.75, 3.05) is 25.5 Å². The molecule has 0 saturated heterocycles. The van der Waals surface area contributed by atoms with Crippen LogP contribution in [0.3, 0.4) is 0 Å². The van der Waals surface area contributed by atoms with E-state index >= 15 is 0 Å². The van der Waals surface area contributed by atoms with Crippen LogP contribution in [-0.4, -0.2) is 40.6 Å². The zero-order valence-electron chi connectivity index (χ0n) is 19.3. The van der Waals surface area contributed by atoms with Gasteiger partial charge in [-0.3, -0.25) is 19.1 Å². The first kappa shape index (κ1) is 24.2. The first-order valence-electron chi connectivity index (χ1n) is 10.6. The molecule has 2 heterocycles. The molecule has 3 rings (SSSR count). The Bertz CT molecular complexity index is 1210. The summed E-state index contributed by atoms with van der Waals surface area (Å²) in [6.07, 6.45) is 0. The van der Waals surface area contributed by atoms with E-state index in [0.717, 1.165) is 33.9 Å². The topological polar surface area (TPSA) is 76.5 Å². The first-order chi connectivity index (χ1) is 15.2. The Morgan fingerprint density at radius 2 is 1.94 bits per heavy atom. The fourth-order valence-corrected chi connectivity index (χ4v) is 4.76. The number of hydrogen-bond acceptors (Lipinski definition) is 6. The van der Waals surface area contributed by atoms with E-state index in [0.29, 0.717) is 34.2 Å². The summed E-state index contributed by atoms with van der Waals surface area (Å²) in [6, 6.07) is 3.42. The molecule has 0 radical (unpaired) electrons. The van der Waals surface area contributed by atoms with Gasteiger partial charge in [-0.05, 0) is 51.1 Å². The van der Waals surface area contributed by atoms with Crippen molar-refractivity contribution in [2.45, 2.75) is 47.7 Å². The average molecular weight is 477 g/mol. The zero-order chi connectivity index (χ0) is 23.6. The molecule has 0 atom stereocenters. The number of nitrogens with one attached hydrogen (secondary N) is 1. The number of hydrogen-bond donors (Lipinski definition) is 1. The maximum absolute atomic E-state index is 13.4. The summed E-state index contributed by atoms with van der Waals surface area (Å²) < 4.78 is 6.84. The maximum atomic E-state index is 13.4.